The van der Waals surface area contributed by atoms with Gasteiger partial charge in [-0.1, -0.05) is 0 Å². The maximum absolute atomic E-state index is 12.7. The van der Waals surface area contributed by atoms with Crippen LogP contribution in [0.2, 0.25) is 0 Å². The summed E-state index contributed by atoms with van der Waals surface area (Å²) in [5.41, 5.74) is 0.941. The number of likely N-dealkylation sites (tertiary alicyclic amines) is 1. The highest BCUT2D eigenvalue weighted by Crippen LogP contribution is 2.42. The number of anilines is 3. The minimum atomic E-state index is -2.93. The van der Waals surface area contributed by atoms with Gasteiger partial charge in [0, 0.05) is 69.6 Å². The lowest BCUT2D eigenvalue weighted by Crippen LogP contribution is -2.61. The minimum Gasteiger partial charge on any atom is -0.435 e. The van der Waals surface area contributed by atoms with Gasteiger partial charge >= 0.3 is 6.61 Å². The summed E-state index contributed by atoms with van der Waals surface area (Å²) in [5, 5.41) is 7.58. The smallest absolute Gasteiger partial charge is 0.387 e. The van der Waals surface area contributed by atoms with Crippen LogP contribution in [0.4, 0.5) is 26.2 Å². The van der Waals surface area contributed by atoms with Crippen molar-refractivity contribution in [2.24, 2.45) is 5.41 Å². The zero-order valence-corrected chi connectivity index (χ0v) is 22.3. The molecule has 3 aromatic heterocycles. The fourth-order valence-electron chi connectivity index (χ4n) is 5.02. The molecule has 0 aliphatic carbocycles. The van der Waals surface area contributed by atoms with Crippen LogP contribution >= 0.6 is 0 Å². The average Bonchev–Trinajstić information content (AvgIpc) is 3.35. The van der Waals surface area contributed by atoms with Crippen LogP contribution in [0.3, 0.4) is 0 Å². The molecule has 13 heteroatoms. The fourth-order valence-corrected chi connectivity index (χ4v) is 5.02. The number of carbonyl (C=O) groups is 1. The second-order valence-electron chi connectivity index (χ2n) is 10.5. The van der Waals surface area contributed by atoms with Crippen LogP contribution in [-0.4, -0.2) is 93.9 Å². The summed E-state index contributed by atoms with van der Waals surface area (Å²) in [4.78, 5) is 31.7. The van der Waals surface area contributed by atoms with Crippen LogP contribution in [0.15, 0.2) is 36.8 Å². The molecule has 208 valence electrons. The van der Waals surface area contributed by atoms with Crippen molar-refractivity contribution in [3.05, 3.63) is 36.8 Å². The summed E-state index contributed by atoms with van der Waals surface area (Å²) >= 11 is 0. The highest BCUT2D eigenvalue weighted by molar-refractivity contribution is 5.73. The number of alkyl halides is 2. The second kappa shape index (κ2) is 11.1. The lowest BCUT2D eigenvalue weighted by Gasteiger charge is -2.54. The van der Waals surface area contributed by atoms with E-state index < -0.39 is 6.61 Å². The van der Waals surface area contributed by atoms with Gasteiger partial charge < -0.3 is 24.8 Å². The lowest BCUT2D eigenvalue weighted by molar-refractivity contribution is -0.131. The monoisotopic (exact) mass is 541 g/mol. The van der Waals surface area contributed by atoms with Gasteiger partial charge in [0.05, 0.1) is 18.3 Å². The molecular weight excluding hydrogens is 508 g/mol. The first-order chi connectivity index (χ1) is 18.7. The number of rotatable bonds is 9. The highest BCUT2D eigenvalue weighted by atomic mass is 19.3. The summed E-state index contributed by atoms with van der Waals surface area (Å²) in [6, 6.07) is 4.60. The van der Waals surface area contributed by atoms with Gasteiger partial charge in [0.2, 0.25) is 5.91 Å². The zero-order chi connectivity index (χ0) is 27.6. The van der Waals surface area contributed by atoms with Crippen molar-refractivity contribution in [3.8, 4) is 17.1 Å². The first kappa shape index (κ1) is 26.7. The molecule has 11 nitrogen and oxygen atoms in total. The molecule has 3 aromatic rings. The van der Waals surface area contributed by atoms with Crippen molar-refractivity contribution in [2.75, 3.05) is 57.0 Å². The molecule has 1 N–H and O–H groups in total. The Morgan fingerprint density at radius 2 is 1.95 bits per heavy atom. The maximum Gasteiger partial charge on any atom is 0.387 e. The minimum absolute atomic E-state index is 0.000703. The number of nitrogens with one attached hydrogen (secondary N) is 1. The topological polar surface area (TPSA) is 105 Å². The number of ether oxygens (including phenoxy) is 1. The predicted molar refractivity (Wildman–Crippen MR) is 142 cm³/mol. The largest absolute Gasteiger partial charge is 0.435 e. The number of aromatic nitrogens is 5. The number of halogens is 2. The zero-order valence-electron chi connectivity index (χ0n) is 22.3. The van der Waals surface area contributed by atoms with Crippen LogP contribution in [0.5, 0.6) is 5.75 Å². The SMILES string of the molecule is CC(=O)N1CCC2(CC1)CN(c1cc(Nc3cc(OC(F)F)ccn3)nc(-c3cnn(CCN(C)C)c3)n1)C2. The van der Waals surface area contributed by atoms with Crippen molar-refractivity contribution in [1.29, 1.82) is 0 Å². The molecule has 2 saturated heterocycles. The standard InChI is InChI=1S/C26H33F2N9O2/c1-18(38)35-8-5-26(6-9-35)16-36(17-26)23-13-22(31-21-12-20(4-7-29-21)39-25(27)28)32-24(33-23)19-14-30-37(15-19)11-10-34(2)3/h4,7,12-15,25H,5-6,8-11,16-17H2,1-3H3,(H,29,31,32,33). The molecular formula is C26H33F2N9O2. The first-order valence-electron chi connectivity index (χ1n) is 12.9. The van der Waals surface area contributed by atoms with E-state index in [1.807, 2.05) is 35.9 Å². The van der Waals surface area contributed by atoms with Crippen LogP contribution in [0, 0.1) is 5.41 Å². The van der Waals surface area contributed by atoms with E-state index in [2.05, 4.69) is 34.9 Å². The number of pyridine rings is 1. The molecule has 1 amide bonds. The normalized spacial score (nSPS) is 16.6. The van der Waals surface area contributed by atoms with Crippen molar-refractivity contribution in [2.45, 2.75) is 32.9 Å². The Bertz CT molecular complexity index is 1300. The molecule has 0 unspecified atom stereocenters. The van der Waals surface area contributed by atoms with Gasteiger partial charge in [-0.2, -0.15) is 13.9 Å². The van der Waals surface area contributed by atoms with E-state index in [0.29, 0.717) is 17.5 Å². The molecule has 2 aliphatic rings. The molecule has 39 heavy (non-hydrogen) atoms. The van der Waals surface area contributed by atoms with E-state index in [9.17, 15) is 13.6 Å². The number of carbonyl (C=O) groups excluding carboxylic acids is 1. The molecule has 0 radical (unpaired) electrons. The second-order valence-corrected chi connectivity index (χ2v) is 10.5. The number of amides is 1. The summed E-state index contributed by atoms with van der Waals surface area (Å²) < 4.78 is 31.8. The lowest BCUT2D eigenvalue weighted by atomic mass is 9.72. The third kappa shape index (κ3) is 6.41. The summed E-state index contributed by atoms with van der Waals surface area (Å²) in [7, 11) is 4.02. The summed E-state index contributed by atoms with van der Waals surface area (Å²) in [5.74, 6) is 2.18. The van der Waals surface area contributed by atoms with Crippen LogP contribution in [0.1, 0.15) is 19.8 Å². The number of hydrogen-bond donors (Lipinski definition) is 1. The van der Waals surface area contributed by atoms with Gasteiger partial charge in [0.1, 0.15) is 23.2 Å². The Labute approximate surface area is 225 Å². The quantitative estimate of drug-likeness (QED) is 0.438. The Hall–Kier alpha value is -3.87. The van der Waals surface area contributed by atoms with Crippen LogP contribution < -0.4 is 15.0 Å². The Morgan fingerprint density at radius 3 is 2.64 bits per heavy atom. The van der Waals surface area contributed by atoms with E-state index in [1.165, 1.54) is 18.3 Å². The van der Waals surface area contributed by atoms with Gasteiger partial charge in [-0.3, -0.25) is 9.48 Å². The van der Waals surface area contributed by atoms with Gasteiger partial charge in [-0.05, 0) is 33.0 Å². The Kier molecular flexibility index (Phi) is 7.60. The van der Waals surface area contributed by atoms with Gasteiger partial charge in [-0.25, -0.2) is 15.0 Å². The number of likely N-dealkylation sites (N-methyl/N-ethyl adjacent to an activating group) is 1. The molecule has 5 rings (SSSR count). The van der Waals surface area contributed by atoms with E-state index in [0.717, 1.165) is 63.5 Å². The molecule has 5 heterocycles. The number of hydrogen-bond acceptors (Lipinski definition) is 9. The van der Waals surface area contributed by atoms with E-state index in [-0.39, 0.29) is 17.1 Å². The Balaban J connectivity index is 1.38. The number of nitrogens with zero attached hydrogens (tertiary/aromatic N) is 8. The average molecular weight is 542 g/mol. The maximum atomic E-state index is 12.7. The predicted octanol–water partition coefficient (Wildman–Crippen LogP) is 3.09. The highest BCUT2D eigenvalue weighted by Gasteiger charge is 2.45. The molecule has 1 spiro atoms. The van der Waals surface area contributed by atoms with Gasteiger partial charge in [0.15, 0.2) is 5.82 Å². The van der Waals surface area contributed by atoms with Crippen molar-refractivity contribution in [1.82, 2.24) is 34.5 Å². The van der Waals surface area contributed by atoms with Crippen molar-refractivity contribution < 1.29 is 18.3 Å². The molecule has 0 atom stereocenters. The third-order valence-corrected chi connectivity index (χ3v) is 7.24. The van der Waals surface area contributed by atoms with Gasteiger partial charge in [-0.15, -0.1) is 0 Å². The van der Waals surface area contributed by atoms with Crippen molar-refractivity contribution in [3.63, 3.8) is 0 Å². The first-order valence-corrected chi connectivity index (χ1v) is 12.9. The molecule has 0 saturated carbocycles. The summed E-state index contributed by atoms with van der Waals surface area (Å²) in [6.07, 6.45) is 6.97. The van der Waals surface area contributed by atoms with E-state index in [4.69, 9.17) is 4.98 Å². The molecule has 0 bridgehead atoms. The molecule has 2 fully saturated rings. The third-order valence-electron chi connectivity index (χ3n) is 7.24. The van der Waals surface area contributed by atoms with Gasteiger partial charge in [0.25, 0.3) is 0 Å². The Morgan fingerprint density at radius 1 is 1.18 bits per heavy atom. The van der Waals surface area contributed by atoms with Crippen LogP contribution in [-0.2, 0) is 11.3 Å². The van der Waals surface area contributed by atoms with Crippen molar-refractivity contribution >= 4 is 23.4 Å². The molecule has 2 aliphatic heterocycles. The fraction of sp³-hybridized carbons (Fsp3) is 0.500. The summed E-state index contributed by atoms with van der Waals surface area (Å²) in [6.45, 7) is 3.50. The van der Waals surface area contributed by atoms with E-state index >= 15 is 0 Å². The number of piperidine rings is 1. The molecule has 0 aromatic carbocycles. The van der Waals surface area contributed by atoms with Crippen LogP contribution in [0.25, 0.3) is 11.4 Å². The van der Waals surface area contributed by atoms with E-state index in [1.54, 1.807) is 13.1 Å².